The fourth-order valence-corrected chi connectivity index (χ4v) is 2.91. The van der Waals surface area contributed by atoms with Gasteiger partial charge in [0.05, 0.1) is 0 Å². The highest BCUT2D eigenvalue weighted by atomic mass is 15.1. The Bertz CT molecular complexity index is 159. The van der Waals surface area contributed by atoms with Crippen LogP contribution in [0.5, 0.6) is 0 Å². The van der Waals surface area contributed by atoms with Gasteiger partial charge in [-0.25, -0.2) is 0 Å². The SMILES string of the molecule is CC.CCCCCCCCCN1CCC(CC)CC1. The van der Waals surface area contributed by atoms with Crippen LogP contribution in [0.3, 0.4) is 0 Å². The summed E-state index contributed by atoms with van der Waals surface area (Å²) in [6, 6.07) is 0. The lowest BCUT2D eigenvalue weighted by molar-refractivity contribution is 0.179. The number of hydrogen-bond acceptors (Lipinski definition) is 1. The Morgan fingerprint density at radius 2 is 1.32 bits per heavy atom. The minimum absolute atomic E-state index is 1.03. The van der Waals surface area contributed by atoms with E-state index >= 15 is 0 Å². The van der Waals surface area contributed by atoms with Crippen molar-refractivity contribution < 1.29 is 0 Å². The molecule has 1 heteroatoms. The first-order valence-corrected chi connectivity index (χ1v) is 9.09. The number of piperidine rings is 1. The van der Waals surface area contributed by atoms with E-state index in [9.17, 15) is 0 Å². The van der Waals surface area contributed by atoms with Gasteiger partial charge in [-0.15, -0.1) is 0 Å². The molecule has 0 aromatic rings. The van der Waals surface area contributed by atoms with Gasteiger partial charge in [-0.3, -0.25) is 0 Å². The number of unbranched alkanes of at least 4 members (excludes halogenated alkanes) is 6. The van der Waals surface area contributed by atoms with Crippen LogP contribution >= 0.6 is 0 Å². The van der Waals surface area contributed by atoms with Crippen molar-refractivity contribution in [1.29, 1.82) is 0 Å². The topological polar surface area (TPSA) is 3.24 Å². The molecule has 0 unspecified atom stereocenters. The Hall–Kier alpha value is -0.0400. The highest BCUT2D eigenvalue weighted by Gasteiger charge is 2.16. The molecule has 0 spiro atoms. The maximum absolute atomic E-state index is 2.69. The van der Waals surface area contributed by atoms with E-state index < -0.39 is 0 Å². The molecule has 0 bridgehead atoms. The van der Waals surface area contributed by atoms with Crippen molar-refractivity contribution in [3.8, 4) is 0 Å². The van der Waals surface area contributed by atoms with E-state index in [0.29, 0.717) is 0 Å². The summed E-state index contributed by atoms with van der Waals surface area (Å²) in [6.45, 7) is 12.7. The van der Waals surface area contributed by atoms with Gasteiger partial charge in [-0.2, -0.15) is 0 Å². The molecule has 0 aromatic heterocycles. The number of rotatable bonds is 9. The maximum Gasteiger partial charge on any atom is -0.00161 e. The van der Waals surface area contributed by atoms with Gasteiger partial charge < -0.3 is 4.90 Å². The van der Waals surface area contributed by atoms with Crippen LogP contribution in [0.15, 0.2) is 0 Å². The van der Waals surface area contributed by atoms with E-state index in [1.807, 2.05) is 13.8 Å². The van der Waals surface area contributed by atoms with E-state index in [-0.39, 0.29) is 0 Å². The smallest absolute Gasteiger partial charge is 0.00161 e. The molecular formula is C18H39N. The third kappa shape index (κ3) is 10.4. The molecule has 116 valence electrons. The molecule has 1 heterocycles. The van der Waals surface area contributed by atoms with Crippen molar-refractivity contribution >= 4 is 0 Å². The van der Waals surface area contributed by atoms with Crippen LogP contribution in [0.4, 0.5) is 0 Å². The quantitative estimate of drug-likeness (QED) is 0.472. The summed E-state index contributed by atoms with van der Waals surface area (Å²) in [7, 11) is 0. The Balaban J connectivity index is 0.00000154. The normalized spacial score (nSPS) is 17.1. The zero-order chi connectivity index (χ0) is 14.3. The van der Waals surface area contributed by atoms with Gasteiger partial charge >= 0.3 is 0 Å². The molecule has 1 rings (SSSR count). The lowest BCUT2D eigenvalue weighted by atomic mass is 9.94. The zero-order valence-electron chi connectivity index (χ0n) is 14.2. The Morgan fingerprint density at radius 1 is 0.789 bits per heavy atom. The van der Waals surface area contributed by atoms with Gasteiger partial charge in [0.15, 0.2) is 0 Å². The maximum atomic E-state index is 2.69. The number of nitrogens with zero attached hydrogens (tertiary/aromatic N) is 1. The van der Waals surface area contributed by atoms with Crippen LogP contribution in [0.1, 0.15) is 91.9 Å². The highest BCUT2D eigenvalue weighted by Crippen LogP contribution is 2.20. The molecule has 1 fully saturated rings. The van der Waals surface area contributed by atoms with Crippen LogP contribution in [-0.2, 0) is 0 Å². The van der Waals surface area contributed by atoms with E-state index in [1.54, 1.807) is 0 Å². The molecule has 0 aromatic carbocycles. The molecular weight excluding hydrogens is 230 g/mol. The summed E-state index contributed by atoms with van der Waals surface area (Å²) in [4.78, 5) is 2.69. The van der Waals surface area contributed by atoms with E-state index in [4.69, 9.17) is 0 Å². The molecule has 0 aliphatic carbocycles. The molecule has 1 nitrogen and oxygen atoms in total. The van der Waals surface area contributed by atoms with Crippen molar-refractivity contribution in [3.63, 3.8) is 0 Å². The average Bonchev–Trinajstić information content (AvgIpc) is 2.49. The first-order valence-electron chi connectivity index (χ1n) is 9.09. The zero-order valence-corrected chi connectivity index (χ0v) is 14.2. The van der Waals surface area contributed by atoms with Crippen molar-refractivity contribution in [2.45, 2.75) is 91.9 Å². The van der Waals surface area contributed by atoms with Crippen LogP contribution < -0.4 is 0 Å². The van der Waals surface area contributed by atoms with E-state index in [1.165, 1.54) is 83.8 Å². The third-order valence-corrected chi connectivity index (χ3v) is 4.36. The summed E-state index contributed by atoms with van der Waals surface area (Å²) >= 11 is 0. The molecule has 0 saturated carbocycles. The lowest BCUT2D eigenvalue weighted by Gasteiger charge is -2.31. The Kier molecular flexibility index (Phi) is 14.3. The molecule has 1 aliphatic rings. The van der Waals surface area contributed by atoms with Gasteiger partial charge in [0.25, 0.3) is 0 Å². The molecule has 0 amide bonds. The van der Waals surface area contributed by atoms with Crippen LogP contribution in [0, 0.1) is 5.92 Å². The second kappa shape index (κ2) is 14.4. The summed E-state index contributed by atoms with van der Waals surface area (Å²) in [5, 5.41) is 0. The highest BCUT2D eigenvalue weighted by molar-refractivity contribution is 4.71. The first-order chi connectivity index (χ1) is 9.36. The summed E-state index contributed by atoms with van der Waals surface area (Å²) in [5.74, 6) is 1.03. The van der Waals surface area contributed by atoms with E-state index in [2.05, 4.69) is 18.7 Å². The van der Waals surface area contributed by atoms with Gasteiger partial charge in [0, 0.05) is 0 Å². The Morgan fingerprint density at radius 3 is 1.84 bits per heavy atom. The molecule has 1 saturated heterocycles. The van der Waals surface area contributed by atoms with Gasteiger partial charge in [0.1, 0.15) is 0 Å². The molecule has 1 aliphatic heterocycles. The van der Waals surface area contributed by atoms with Crippen LogP contribution in [-0.4, -0.2) is 24.5 Å². The van der Waals surface area contributed by atoms with Crippen molar-refractivity contribution in [2.24, 2.45) is 5.92 Å². The minimum Gasteiger partial charge on any atom is -0.303 e. The number of likely N-dealkylation sites (tertiary alicyclic amines) is 1. The summed E-state index contributed by atoms with van der Waals surface area (Å²) in [5.41, 5.74) is 0. The average molecular weight is 270 g/mol. The predicted molar refractivity (Wildman–Crippen MR) is 88.8 cm³/mol. The largest absolute Gasteiger partial charge is 0.303 e. The van der Waals surface area contributed by atoms with Gasteiger partial charge in [0.2, 0.25) is 0 Å². The fourth-order valence-electron chi connectivity index (χ4n) is 2.91. The summed E-state index contributed by atoms with van der Waals surface area (Å²) < 4.78 is 0. The second-order valence-electron chi connectivity index (χ2n) is 5.81. The van der Waals surface area contributed by atoms with Crippen LogP contribution in [0.2, 0.25) is 0 Å². The lowest BCUT2D eigenvalue weighted by Crippen LogP contribution is -2.34. The Labute approximate surface area is 123 Å². The monoisotopic (exact) mass is 269 g/mol. The van der Waals surface area contributed by atoms with Gasteiger partial charge in [-0.1, -0.05) is 72.6 Å². The first kappa shape index (κ1) is 19.0. The predicted octanol–water partition coefficient (Wildman–Crippen LogP) is 5.89. The van der Waals surface area contributed by atoms with Crippen molar-refractivity contribution in [3.05, 3.63) is 0 Å². The van der Waals surface area contributed by atoms with Gasteiger partial charge in [-0.05, 0) is 44.8 Å². The molecule has 0 N–H and O–H groups in total. The standard InChI is InChI=1S/C16H33N.C2H6/c1-3-5-6-7-8-9-10-13-17-14-11-16(4-2)12-15-17;1-2/h16H,3-15H2,1-2H3;1-2H3. The second-order valence-corrected chi connectivity index (χ2v) is 5.81. The van der Waals surface area contributed by atoms with E-state index in [0.717, 1.165) is 5.92 Å². The van der Waals surface area contributed by atoms with Crippen LogP contribution in [0.25, 0.3) is 0 Å². The minimum atomic E-state index is 1.03. The van der Waals surface area contributed by atoms with Crippen molar-refractivity contribution in [2.75, 3.05) is 19.6 Å². The molecule has 0 atom stereocenters. The number of hydrogen-bond donors (Lipinski definition) is 0. The fraction of sp³-hybridized carbons (Fsp3) is 1.00. The molecule has 19 heavy (non-hydrogen) atoms. The summed E-state index contributed by atoms with van der Waals surface area (Å²) in [6.07, 6.45) is 14.4. The molecule has 0 radical (unpaired) electrons. The van der Waals surface area contributed by atoms with Crippen molar-refractivity contribution in [1.82, 2.24) is 4.90 Å². The third-order valence-electron chi connectivity index (χ3n) is 4.36.